The molecule has 5 nitrogen and oxygen atoms in total. The monoisotopic (exact) mass is 312 g/mol. The van der Waals surface area contributed by atoms with E-state index in [1.165, 1.54) is 19.8 Å². The zero-order valence-electron chi connectivity index (χ0n) is 13.6. The Morgan fingerprint density at radius 1 is 1.17 bits per heavy atom. The van der Waals surface area contributed by atoms with E-state index in [4.69, 9.17) is 4.74 Å². The van der Waals surface area contributed by atoms with Gasteiger partial charge in [-0.3, -0.25) is 4.79 Å². The number of carbonyl (C=O) groups excluding carboxylic acids is 2. The number of nitrogens with one attached hydrogen (secondary N) is 1. The molecule has 1 amide bonds. The van der Waals surface area contributed by atoms with E-state index < -0.39 is 0 Å². The third-order valence-corrected chi connectivity index (χ3v) is 4.00. The summed E-state index contributed by atoms with van der Waals surface area (Å²) in [6.45, 7) is 5.43. The maximum Gasteiger partial charge on any atom is 0.345 e. The Balaban J connectivity index is 1.74. The Labute approximate surface area is 135 Å². The predicted octanol–water partition coefficient (Wildman–Crippen LogP) is 3.62. The van der Waals surface area contributed by atoms with Crippen molar-refractivity contribution < 1.29 is 14.3 Å². The number of carbonyl (C=O) groups is 2. The van der Waals surface area contributed by atoms with Gasteiger partial charge in [0.05, 0.1) is 5.56 Å². The van der Waals surface area contributed by atoms with Gasteiger partial charge in [-0.2, -0.15) is 0 Å². The fourth-order valence-electron chi connectivity index (χ4n) is 2.85. The van der Waals surface area contributed by atoms with Crippen molar-refractivity contribution in [1.82, 2.24) is 4.57 Å². The smallest absolute Gasteiger partial charge is 0.345 e. The number of amides is 1. The number of hydrogen-bond acceptors (Lipinski definition) is 3. The van der Waals surface area contributed by atoms with Crippen LogP contribution in [0.2, 0.25) is 0 Å². The van der Waals surface area contributed by atoms with Crippen LogP contribution in [-0.4, -0.2) is 16.4 Å². The molecule has 0 atom stereocenters. The van der Waals surface area contributed by atoms with Crippen LogP contribution in [0.1, 0.15) is 47.6 Å². The minimum absolute atomic E-state index is 0.137. The number of anilines is 1. The third kappa shape index (κ3) is 3.28. The van der Waals surface area contributed by atoms with Gasteiger partial charge in [0.1, 0.15) is 5.75 Å². The first-order chi connectivity index (χ1) is 11.0. The fourth-order valence-corrected chi connectivity index (χ4v) is 2.85. The molecule has 3 rings (SSSR count). The SMILES string of the molecule is CC(=O)Nc1ccc(OC(=O)c2cc(C)n(C3CC3)c2C)cc1. The van der Waals surface area contributed by atoms with Crippen LogP contribution in [0.25, 0.3) is 0 Å². The molecule has 1 heterocycles. The molecule has 5 heteroatoms. The number of aryl methyl sites for hydroxylation is 1. The molecule has 120 valence electrons. The van der Waals surface area contributed by atoms with Gasteiger partial charge in [0, 0.05) is 30.0 Å². The third-order valence-electron chi connectivity index (χ3n) is 4.00. The van der Waals surface area contributed by atoms with Gasteiger partial charge >= 0.3 is 5.97 Å². The van der Waals surface area contributed by atoms with Crippen LogP contribution in [0, 0.1) is 13.8 Å². The first kappa shape index (κ1) is 15.3. The molecule has 0 aliphatic heterocycles. The van der Waals surface area contributed by atoms with Crippen LogP contribution in [0.15, 0.2) is 30.3 Å². The highest BCUT2D eigenvalue weighted by atomic mass is 16.5. The molecule has 1 aliphatic carbocycles. The molecule has 0 radical (unpaired) electrons. The molecule has 1 saturated carbocycles. The van der Waals surface area contributed by atoms with E-state index in [9.17, 15) is 9.59 Å². The molecular weight excluding hydrogens is 292 g/mol. The van der Waals surface area contributed by atoms with Gasteiger partial charge in [-0.15, -0.1) is 0 Å². The molecule has 0 spiro atoms. The zero-order chi connectivity index (χ0) is 16.6. The quantitative estimate of drug-likeness (QED) is 0.693. The Kier molecular flexibility index (Phi) is 3.94. The average Bonchev–Trinajstić information content (AvgIpc) is 3.26. The van der Waals surface area contributed by atoms with Crippen molar-refractivity contribution in [2.45, 2.75) is 39.7 Å². The molecular formula is C18H20N2O3. The van der Waals surface area contributed by atoms with Crippen LogP contribution in [-0.2, 0) is 4.79 Å². The summed E-state index contributed by atoms with van der Waals surface area (Å²) < 4.78 is 7.66. The molecule has 1 aromatic heterocycles. The molecule has 1 N–H and O–H groups in total. The predicted molar refractivity (Wildman–Crippen MR) is 87.9 cm³/mol. The van der Waals surface area contributed by atoms with Crippen molar-refractivity contribution in [3.8, 4) is 5.75 Å². The molecule has 0 unspecified atom stereocenters. The summed E-state index contributed by atoms with van der Waals surface area (Å²) in [5.41, 5.74) is 3.34. The summed E-state index contributed by atoms with van der Waals surface area (Å²) in [5.74, 6) is -0.0279. The lowest BCUT2D eigenvalue weighted by Crippen LogP contribution is -2.10. The van der Waals surface area contributed by atoms with Crippen molar-refractivity contribution in [3.63, 3.8) is 0 Å². The second kappa shape index (κ2) is 5.91. The Morgan fingerprint density at radius 3 is 2.39 bits per heavy atom. The molecule has 1 aromatic carbocycles. The summed E-state index contributed by atoms with van der Waals surface area (Å²) in [6, 6.07) is 9.18. The lowest BCUT2D eigenvalue weighted by molar-refractivity contribution is -0.114. The van der Waals surface area contributed by atoms with Crippen molar-refractivity contribution in [2.75, 3.05) is 5.32 Å². The minimum atomic E-state index is -0.350. The second-order valence-corrected chi connectivity index (χ2v) is 5.98. The average molecular weight is 312 g/mol. The first-order valence-corrected chi connectivity index (χ1v) is 7.74. The standard InChI is InChI=1S/C18H20N2O3/c1-11-10-17(12(2)20(11)15-6-7-15)18(22)23-16-8-4-14(5-9-16)19-13(3)21/h4-5,8-10,15H,6-7H2,1-3H3,(H,19,21). The highest BCUT2D eigenvalue weighted by molar-refractivity contribution is 5.93. The van der Waals surface area contributed by atoms with E-state index in [-0.39, 0.29) is 11.9 Å². The van der Waals surface area contributed by atoms with Crippen molar-refractivity contribution in [1.29, 1.82) is 0 Å². The van der Waals surface area contributed by atoms with Crippen LogP contribution < -0.4 is 10.1 Å². The van der Waals surface area contributed by atoms with E-state index >= 15 is 0 Å². The lowest BCUT2D eigenvalue weighted by atomic mass is 10.2. The number of nitrogens with zero attached hydrogens (tertiary/aromatic N) is 1. The van der Waals surface area contributed by atoms with Crippen LogP contribution >= 0.6 is 0 Å². The van der Waals surface area contributed by atoms with Gasteiger partial charge in [0.15, 0.2) is 0 Å². The van der Waals surface area contributed by atoms with Crippen LogP contribution in [0.3, 0.4) is 0 Å². The number of esters is 1. The van der Waals surface area contributed by atoms with Gasteiger partial charge in [-0.05, 0) is 57.0 Å². The van der Waals surface area contributed by atoms with Crippen LogP contribution in [0.4, 0.5) is 5.69 Å². The van der Waals surface area contributed by atoms with Crippen LogP contribution in [0.5, 0.6) is 5.75 Å². The maximum atomic E-state index is 12.4. The number of hydrogen-bond donors (Lipinski definition) is 1. The van der Waals surface area contributed by atoms with Gasteiger partial charge in [0.2, 0.25) is 5.91 Å². The molecule has 23 heavy (non-hydrogen) atoms. The van der Waals surface area contributed by atoms with Gasteiger partial charge in [0.25, 0.3) is 0 Å². The molecule has 0 saturated heterocycles. The highest BCUT2D eigenvalue weighted by Gasteiger charge is 2.28. The van der Waals surface area contributed by atoms with E-state index in [1.807, 2.05) is 19.9 Å². The van der Waals surface area contributed by atoms with Crippen molar-refractivity contribution in [3.05, 3.63) is 47.3 Å². The Hall–Kier alpha value is -2.56. The molecule has 1 aliphatic rings. The van der Waals surface area contributed by atoms with E-state index in [2.05, 4.69) is 9.88 Å². The van der Waals surface area contributed by atoms with Crippen molar-refractivity contribution in [2.24, 2.45) is 0 Å². The Bertz CT molecular complexity index is 755. The van der Waals surface area contributed by atoms with E-state index in [0.717, 1.165) is 11.4 Å². The minimum Gasteiger partial charge on any atom is -0.423 e. The summed E-state index contributed by atoms with van der Waals surface area (Å²) in [7, 11) is 0. The molecule has 0 bridgehead atoms. The lowest BCUT2D eigenvalue weighted by Gasteiger charge is -2.08. The Morgan fingerprint density at radius 2 is 1.83 bits per heavy atom. The van der Waals surface area contributed by atoms with E-state index in [0.29, 0.717) is 23.0 Å². The number of ether oxygens (including phenoxy) is 1. The number of rotatable bonds is 4. The molecule has 2 aromatic rings. The number of aromatic nitrogens is 1. The van der Waals surface area contributed by atoms with Gasteiger partial charge < -0.3 is 14.6 Å². The number of benzene rings is 1. The largest absolute Gasteiger partial charge is 0.423 e. The summed E-state index contributed by atoms with van der Waals surface area (Å²) >= 11 is 0. The van der Waals surface area contributed by atoms with Crippen molar-refractivity contribution >= 4 is 17.6 Å². The maximum absolute atomic E-state index is 12.4. The van der Waals surface area contributed by atoms with Gasteiger partial charge in [-0.25, -0.2) is 4.79 Å². The summed E-state index contributed by atoms with van der Waals surface area (Å²) in [4.78, 5) is 23.4. The summed E-state index contributed by atoms with van der Waals surface area (Å²) in [5, 5.41) is 2.67. The second-order valence-electron chi connectivity index (χ2n) is 5.98. The fraction of sp³-hybridized carbons (Fsp3) is 0.333. The zero-order valence-corrected chi connectivity index (χ0v) is 13.6. The summed E-state index contributed by atoms with van der Waals surface area (Å²) in [6.07, 6.45) is 2.35. The highest BCUT2D eigenvalue weighted by Crippen LogP contribution is 2.38. The van der Waals surface area contributed by atoms with Gasteiger partial charge in [-0.1, -0.05) is 0 Å². The first-order valence-electron chi connectivity index (χ1n) is 7.74. The normalized spacial score (nSPS) is 13.7. The molecule has 1 fully saturated rings. The topological polar surface area (TPSA) is 60.3 Å². The van der Waals surface area contributed by atoms with E-state index in [1.54, 1.807) is 24.3 Å².